The van der Waals surface area contributed by atoms with E-state index >= 15 is 0 Å². The number of thiocarbonyl (C=S) groups is 1. The van der Waals surface area contributed by atoms with Gasteiger partial charge in [0, 0.05) is 5.69 Å². The molecule has 0 aromatic heterocycles. The van der Waals surface area contributed by atoms with Gasteiger partial charge in [0.15, 0.2) is 11.3 Å². The molecule has 1 saturated heterocycles. The smallest absolute Gasteiger partial charge is 0.172 e. The minimum atomic E-state index is -1.45. The maximum absolute atomic E-state index is 10.0. The number of aliphatic hydroxyl groups is 4. The van der Waals surface area contributed by atoms with Crippen molar-refractivity contribution in [2.75, 3.05) is 11.9 Å². The van der Waals surface area contributed by atoms with Gasteiger partial charge in [-0.1, -0.05) is 32.0 Å². The number of aliphatic hydroxyl groups excluding tert-OH is 4. The van der Waals surface area contributed by atoms with Gasteiger partial charge < -0.3 is 35.8 Å². The van der Waals surface area contributed by atoms with Crippen LogP contribution in [0.3, 0.4) is 0 Å². The molecule has 24 heavy (non-hydrogen) atoms. The number of ether oxygens (including phenoxy) is 1. The van der Waals surface area contributed by atoms with Gasteiger partial charge in [0.25, 0.3) is 0 Å². The number of hydrogen-bond acceptors (Lipinski definition) is 6. The number of nitrogens with one attached hydrogen (secondary N) is 2. The van der Waals surface area contributed by atoms with Crippen LogP contribution in [0.1, 0.15) is 25.3 Å². The van der Waals surface area contributed by atoms with Crippen molar-refractivity contribution in [2.24, 2.45) is 0 Å². The first-order valence-electron chi connectivity index (χ1n) is 7.82. The Morgan fingerprint density at radius 2 is 1.83 bits per heavy atom. The lowest BCUT2D eigenvalue weighted by Crippen LogP contribution is -2.63. The minimum absolute atomic E-state index is 0.201. The highest BCUT2D eigenvalue weighted by atomic mass is 32.1. The highest BCUT2D eigenvalue weighted by Gasteiger charge is 2.43. The monoisotopic (exact) mass is 356 g/mol. The van der Waals surface area contributed by atoms with Crippen LogP contribution in [0.5, 0.6) is 0 Å². The van der Waals surface area contributed by atoms with Crippen LogP contribution in [0.15, 0.2) is 24.3 Å². The number of para-hydroxylation sites is 1. The van der Waals surface area contributed by atoms with Crippen molar-refractivity contribution in [3.63, 3.8) is 0 Å². The summed E-state index contributed by atoms with van der Waals surface area (Å²) in [5.41, 5.74) is 1.91. The summed E-state index contributed by atoms with van der Waals surface area (Å²) in [6.07, 6.45) is -6.26. The van der Waals surface area contributed by atoms with E-state index in [0.717, 1.165) is 11.3 Å². The van der Waals surface area contributed by atoms with E-state index in [4.69, 9.17) is 17.0 Å². The van der Waals surface area contributed by atoms with E-state index in [0.29, 0.717) is 5.92 Å². The molecule has 1 aliphatic heterocycles. The van der Waals surface area contributed by atoms with Gasteiger partial charge in [-0.15, -0.1) is 0 Å². The fraction of sp³-hybridized carbons (Fsp3) is 0.562. The van der Waals surface area contributed by atoms with Gasteiger partial charge in [-0.3, -0.25) is 0 Å². The topological polar surface area (TPSA) is 114 Å². The zero-order valence-corrected chi connectivity index (χ0v) is 14.4. The Morgan fingerprint density at radius 1 is 1.17 bits per heavy atom. The van der Waals surface area contributed by atoms with E-state index in [1.807, 2.05) is 24.3 Å². The second-order valence-corrected chi connectivity index (χ2v) is 6.50. The summed E-state index contributed by atoms with van der Waals surface area (Å²) < 4.78 is 5.37. The first-order valence-corrected chi connectivity index (χ1v) is 8.23. The molecule has 0 amide bonds. The third kappa shape index (κ3) is 4.21. The second-order valence-electron chi connectivity index (χ2n) is 6.09. The second kappa shape index (κ2) is 8.19. The average molecular weight is 356 g/mol. The van der Waals surface area contributed by atoms with Crippen molar-refractivity contribution in [3.8, 4) is 0 Å². The quantitative estimate of drug-likeness (QED) is 0.415. The molecule has 0 aliphatic carbocycles. The summed E-state index contributed by atoms with van der Waals surface area (Å²) in [4.78, 5) is 0. The van der Waals surface area contributed by atoms with E-state index in [1.165, 1.54) is 0 Å². The summed E-state index contributed by atoms with van der Waals surface area (Å²) in [5.74, 6) is 0.295. The molecule has 0 bridgehead atoms. The van der Waals surface area contributed by atoms with Crippen molar-refractivity contribution in [2.45, 2.75) is 50.4 Å². The van der Waals surface area contributed by atoms with Crippen molar-refractivity contribution >= 4 is 23.0 Å². The molecule has 0 saturated carbocycles. The van der Waals surface area contributed by atoms with Crippen LogP contribution >= 0.6 is 12.2 Å². The molecule has 1 fully saturated rings. The number of anilines is 1. The molecular formula is C16H24N2O5S. The van der Waals surface area contributed by atoms with Gasteiger partial charge in [-0.2, -0.15) is 0 Å². The lowest BCUT2D eigenvalue weighted by Gasteiger charge is -2.40. The van der Waals surface area contributed by atoms with Crippen LogP contribution < -0.4 is 10.6 Å². The number of hydrogen-bond donors (Lipinski definition) is 6. The largest absolute Gasteiger partial charge is 0.394 e. The normalized spacial score (nSPS) is 30.2. The maximum Gasteiger partial charge on any atom is 0.172 e. The summed E-state index contributed by atoms with van der Waals surface area (Å²) in [6.45, 7) is 3.64. The molecule has 134 valence electrons. The summed E-state index contributed by atoms with van der Waals surface area (Å²) in [6, 6.07) is 7.69. The highest BCUT2D eigenvalue weighted by molar-refractivity contribution is 7.80. The van der Waals surface area contributed by atoms with E-state index < -0.39 is 37.3 Å². The number of rotatable bonds is 4. The standard InChI is InChI=1S/C16H24N2O5S/c1-8(2)9-5-3-4-6-10(9)17-16(24)18-15-14(22)13(21)12(20)11(7-19)23-15/h3-6,8,11-15,19-22H,7H2,1-2H3,(H2,17,18,24)/t11-,12-,13+,14-,15-/m1/s1. The summed E-state index contributed by atoms with van der Waals surface area (Å²) in [7, 11) is 0. The zero-order valence-electron chi connectivity index (χ0n) is 13.6. The lowest BCUT2D eigenvalue weighted by atomic mass is 9.98. The van der Waals surface area contributed by atoms with Gasteiger partial charge in [-0.25, -0.2) is 0 Å². The highest BCUT2D eigenvalue weighted by Crippen LogP contribution is 2.24. The third-order valence-corrected chi connectivity index (χ3v) is 4.22. The first-order chi connectivity index (χ1) is 11.3. The Morgan fingerprint density at radius 3 is 2.46 bits per heavy atom. The average Bonchev–Trinajstić information content (AvgIpc) is 2.55. The molecule has 1 heterocycles. The Kier molecular flexibility index (Phi) is 6.50. The van der Waals surface area contributed by atoms with E-state index in [1.54, 1.807) is 0 Å². The Balaban J connectivity index is 2.04. The molecule has 0 spiro atoms. The molecule has 2 rings (SSSR count). The van der Waals surface area contributed by atoms with Crippen LogP contribution in [0.25, 0.3) is 0 Å². The van der Waals surface area contributed by atoms with Crippen LogP contribution in [0.4, 0.5) is 5.69 Å². The van der Waals surface area contributed by atoms with Crippen molar-refractivity contribution in [3.05, 3.63) is 29.8 Å². The zero-order chi connectivity index (χ0) is 17.9. The Labute approximate surface area is 146 Å². The predicted molar refractivity (Wildman–Crippen MR) is 93.7 cm³/mol. The van der Waals surface area contributed by atoms with E-state index in [2.05, 4.69) is 24.5 Å². The minimum Gasteiger partial charge on any atom is -0.394 e. The molecule has 7 nitrogen and oxygen atoms in total. The van der Waals surface area contributed by atoms with Gasteiger partial charge in [0.1, 0.15) is 24.4 Å². The lowest BCUT2D eigenvalue weighted by molar-refractivity contribution is -0.232. The fourth-order valence-electron chi connectivity index (χ4n) is 2.62. The van der Waals surface area contributed by atoms with Crippen LogP contribution in [-0.4, -0.2) is 62.8 Å². The Bertz CT molecular complexity index is 569. The molecule has 0 radical (unpaired) electrons. The van der Waals surface area contributed by atoms with Crippen molar-refractivity contribution in [1.29, 1.82) is 0 Å². The maximum atomic E-state index is 10.0. The van der Waals surface area contributed by atoms with Crippen molar-refractivity contribution < 1.29 is 25.2 Å². The van der Waals surface area contributed by atoms with Gasteiger partial charge in [0.05, 0.1) is 6.61 Å². The van der Waals surface area contributed by atoms with E-state index in [9.17, 15) is 20.4 Å². The molecule has 1 aromatic rings. The molecule has 6 N–H and O–H groups in total. The summed E-state index contributed by atoms with van der Waals surface area (Å²) >= 11 is 5.24. The Hall–Kier alpha value is -1.29. The molecule has 8 heteroatoms. The van der Waals surface area contributed by atoms with Crippen LogP contribution in [0.2, 0.25) is 0 Å². The fourth-order valence-corrected chi connectivity index (χ4v) is 2.85. The third-order valence-electron chi connectivity index (χ3n) is 4.00. The molecule has 1 aromatic carbocycles. The van der Waals surface area contributed by atoms with Gasteiger partial charge in [0.2, 0.25) is 0 Å². The summed E-state index contributed by atoms with van der Waals surface area (Å²) in [5, 5.41) is 44.8. The first kappa shape index (κ1) is 19.0. The molecule has 1 aliphatic rings. The molecule has 0 unspecified atom stereocenters. The van der Waals surface area contributed by atoms with Crippen LogP contribution in [0, 0.1) is 0 Å². The van der Waals surface area contributed by atoms with E-state index in [-0.39, 0.29) is 5.11 Å². The molecular weight excluding hydrogens is 332 g/mol. The van der Waals surface area contributed by atoms with Gasteiger partial charge >= 0.3 is 0 Å². The predicted octanol–water partition coefficient (Wildman–Crippen LogP) is -0.104. The van der Waals surface area contributed by atoms with Crippen molar-refractivity contribution in [1.82, 2.24) is 5.32 Å². The number of benzene rings is 1. The van der Waals surface area contributed by atoms with Gasteiger partial charge in [-0.05, 0) is 29.8 Å². The molecule has 5 atom stereocenters. The SMILES string of the molecule is CC(C)c1ccccc1NC(=S)N[C@@H]1O[C@H](CO)[C@@H](O)[C@H](O)[C@H]1O. The van der Waals surface area contributed by atoms with Crippen LogP contribution in [-0.2, 0) is 4.74 Å².